The van der Waals surface area contributed by atoms with Gasteiger partial charge in [0.1, 0.15) is 0 Å². The summed E-state index contributed by atoms with van der Waals surface area (Å²) < 4.78 is 10.4. The number of amides is 1. The van der Waals surface area contributed by atoms with Gasteiger partial charge in [-0.25, -0.2) is 4.79 Å². The van der Waals surface area contributed by atoms with Gasteiger partial charge in [0.15, 0.2) is 6.61 Å². The molecule has 0 radical (unpaired) electrons. The third kappa shape index (κ3) is 3.54. The van der Waals surface area contributed by atoms with E-state index in [4.69, 9.17) is 9.47 Å². The average Bonchev–Trinajstić information content (AvgIpc) is 3.10. The number of piperidine rings is 1. The van der Waals surface area contributed by atoms with Crippen LogP contribution in [0.1, 0.15) is 72.1 Å². The lowest BCUT2D eigenvalue weighted by molar-refractivity contribution is -0.176. The third-order valence-corrected chi connectivity index (χ3v) is 9.38. The minimum absolute atomic E-state index is 0.148. The fourth-order valence-electron chi connectivity index (χ4n) is 7.83. The Hall–Kier alpha value is -1.59. The van der Waals surface area contributed by atoms with Crippen LogP contribution in [0.4, 0.5) is 0 Å². The lowest BCUT2D eigenvalue weighted by Crippen LogP contribution is -2.63. The van der Waals surface area contributed by atoms with Crippen molar-refractivity contribution in [2.45, 2.75) is 78.2 Å². The zero-order valence-corrected chi connectivity index (χ0v) is 18.9. The molecular formula is C24H37NO5. The van der Waals surface area contributed by atoms with Crippen molar-refractivity contribution in [1.82, 2.24) is 4.90 Å². The molecule has 1 heterocycles. The molecule has 3 aliphatic carbocycles. The molecule has 6 nitrogen and oxygen atoms in total. The van der Waals surface area contributed by atoms with E-state index in [0.29, 0.717) is 36.2 Å². The molecular weight excluding hydrogens is 382 g/mol. The molecule has 6 heteroatoms. The number of carbonyl (C=O) groups is 3. The Labute approximate surface area is 180 Å². The van der Waals surface area contributed by atoms with Crippen molar-refractivity contribution >= 4 is 17.8 Å². The number of hydrogen-bond acceptors (Lipinski definition) is 5. The molecule has 4 aliphatic rings. The van der Waals surface area contributed by atoms with Crippen molar-refractivity contribution < 1.29 is 23.9 Å². The highest BCUT2D eigenvalue weighted by Crippen LogP contribution is 2.66. The lowest BCUT2D eigenvalue weighted by atomic mass is 9.45. The Balaban J connectivity index is 1.58. The second-order valence-electron chi connectivity index (χ2n) is 10.9. The number of esters is 2. The topological polar surface area (TPSA) is 72.9 Å². The zero-order valence-electron chi connectivity index (χ0n) is 18.9. The molecule has 0 N–H and O–H groups in total. The molecule has 4 fully saturated rings. The Morgan fingerprint density at radius 2 is 1.87 bits per heavy atom. The van der Waals surface area contributed by atoms with Gasteiger partial charge in [-0.1, -0.05) is 20.3 Å². The zero-order chi connectivity index (χ0) is 21.7. The van der Waals surface area contributed by atoms with E-state index in [1.807, 2.05) is 11.9 Å². The van der Waals surface area contributed by atoms with Gasteiger partial charge in [0.25, 0.3) is 0 Å². The van der Waals surface area contributed by atoms with Gasteiger partial charge < -0.3 is 14.4 Å². The number of hydrogen-bond donors (Lipinski definition) is 0. The molecule has 0 aromatic rings. The molecule has 30 heavy (non-hydrogen) atoms. The lowest BCUT2D eigenvalue weighted by Gasteiger charge is -2.63. The molecule has 1 unspecified atom stereocenters. The molecule has 0 aromatic carbocycles. The standard InChI is InChI=1S/C24H37NO5/c1-15(26)29-14-21(28)30-13-16-12-19-24(3,11-8-20(27)25(19)4)18-7-10-23(2)9-5-6-17(23)22(16)18/h16-19,22H,5-14H2,1-4H3/t16?,17-,18-,19+,22-,23-,24+/m0/s1. The highest BCUT2D eigenvalue weighted by molar-refractivity contribution is 5.77. The maximum Gasteiger partial charge on any atom is 0.344 e. The summed E-state index contributed by atoms with van der Waals surface area (Å²) in [4.78, 5) is 37.6. The highest BCUT2D eigenvalue weighted by Gasteiger charge is 2.61. The summed E-state index contributed by atoms with van der Waals surface area (Å²) in [5.74, 6) is 1.32. The molecule has 1 amide bonds. The summed E-state index contributed by atoms with van der Waals surface area (Å²) in [7, 11) is 1.96. The van der Waals surface area contributed by atoms with Crippen molar-refractivity contribution in [2.24, 2.45) is 34.5 Å². The van der Waals surface area contributed by atoms with Crippen LogP contribution in [-0.2, 0) is 23.9 Å². The second kappa shape index (κ2) is 7.83. The number of rotatable bonds is 4. The minimum Gasteiger partial charge on any atom is -0.463 e. The van der Waals surface area contributed by atoms with Gasteiger partial charge in [-0.2, -0.15) is 0 Å². The SMILES string of the molecule is CC(=O)OCC(=O)OCC1C[C@H]2N(C)C(=O)CC[C@]2(C)[C@H]2CC[C@]3(C)CCC[C@H]3[C@H]12. The smallest absolute Gasteiger partial charge is 0.344 e. The van der Waals surface area contributed by atoms with E-state index in [9.17, 15) is 14.4 Å². The third-order valence-electron chi connectivity index (χ3n) is 9.38. The first-order chi connectivity index (χ1) is 14.2. The van der Waals surface area contributed by atoms with Gasteiger partial charge in [0, 0.05) is 26.4 Å². The summed E-state index contributed by atoms with van der Waals surface area (Å²) in [6.07, 6.45) is 8.88. The minimum atomic E-state index is -0.479. The van der Waals surface area contributed by atoms with E-state index in [0.717, 1.165) is 12.8 Å². The molecule has 3 saturated carbocycles. The maximum absolute atomic E-state index is 12.5. The van der Waals surface area contributed by atoms with Crippen LogP contribution in [0.3, 0.4) is 0 Å². The molecule has 1 aliphatic heterocycles. The molecule has 0 aromatic heterocycles. The number of ether oxygens (including phenoxy) is 2. The van der Waals surface area contributed by atoms with E-state index in [1.54, 1.807) is 0 Å². The highest BCUT2D eigenvalue weighted by atomic mass is 16.6. The van der Waals surface area contributed by atoms with Gasteiger partial charge in [-0.15, -0.1) is 0 Å². The van der Waals surface area contributed by atoms with Gasteiger partial charge in [-0.05, 0) is 73.0 Å². The van der Waals surface area contributed by atoms with Gasteiger partial charge in [-0.3, -0.25) is 9.59 Å². The summed E-state index contributed by atoms with van der Waals surface area (Å²) in [6, 6.07) is 0.211. The summed E-state index contributed by atoms with van der Waals surface area (Å²) in [6.45, 7) is 6.21. The Morgan fingerprint density at radius 3 is 2.60 bits per heavy atom. The average molecular weight is 420 g/mol. The molecule has 0 bridgehead atoms. The van der Waals surface area contributed by atoms with Gasteiger partial charge in [0.05, 0.1) is 6.61 Å². The molecule has 7 atom stereocenters. The molecule has 168 valence electrons. The number of nitrogens with zero attached hydrogens (tertiary/aromatic N) is 1. The van der Waals surface area contributed by atoms with E-state index in [2.05, 4.69) is 13.8 Å². The Morgan fingerprint density at radius 1 is 1.10 bits per heavy atom. The maximum atomic E-state index is 12.5. The number of carbonyl (C=O) groups excluding carboxylic acids is 3. The number of likely N-dealkylation sites (tertiary alicyclic amines) is 1. The second-order valence-corrected chi connectivity index (χ2v) is 10.9. The van der Waals surface area contributed by atoms with Crippen LogP contribution < -0.4 is 0 Å². The summed E-state index contributed by atoms with van der Waals surface area (Å²) in [5, 5.41) is 0. The monoisotopic (exact) mass is 419 g/mol. The normalized spacial score (nSPS) is 42.7. The number of fused-ring (bicyclic) bond motifs is 5. The van der Waals surface area contributed by atoms with Crippen molar-refractivity contribution in [3.05, 3.63) is 0 Å². The van der Waals surface area contributed by atoms with Crippen LogP contribution >= 0.6 is 0 Å². The first kappa shape index (κ1) is 21.6. The predicted octanol–water partition coefficient (Wildman–Crippen LogP) is 3.57. The Bertz CT molecular complexity index is 722. The van der Waals surface area contributed by atoms with Crippen LogP contribution in [0.15, 0.2) is 0 Å². The van der Waals surface area contributed by atoms with Crippen molar-refractivity contribution in [2.75, 3.05) is 20.3 Å². The van der Waals surface area contributed by atoms with Crippen LogP contribution in [0.2, 0.25) is 0 Å². The fourth-order valence-corrected chi connectivity index (χ4v) is 7.83. The summed E-state index contributed by atoms with van der Waals surface area (Å²) in [5.41, 5.74) is 0.552. The largest absolute Gasteiger partial charge is 0.463 e. The van der Waals surface area contributed by atoms with Crippen LogP contribution in [-0.4, -0.2) is 49.0 Å². The Kier molecular flexibility index (Phi) is 5.65. The fraction of sp³-hybridized carbons (Fsp3) is 0.875. The molecule has 0 spiro atoms. The van der Waals surface area contributed by atoms with E-state index in [1.165, 1.54) is 39.0 Å². The van der Waals surface area contributed by atoms with Crippen molar-refractivity contribution in [1.29, 1.82) is 0 Å². The van der Waals surface area contributed by atoms with Crippen LogP contribution in [0, 0.1) is 34.5 Å². The van der Waals surface area contributed by atoms with E-state index >= 15 is 0 Å². The van der Waals surface area contributed by atoms with Gasteiger partial charge >= 0.3 is 11.9 Å². The molecule has 1 saturated heterocycles. The van der Waals surface area contributed by atoms with Crippen LogP contribution in [0.25, 0.3) is 0 Å². The van der Waals surface area contributed by atoms with Gasteiger partial charge in [0.2, 0.25) is 5.91 Å². The predicted molar refractivity (Wildman–Crippen MR) is 111 cm³/mol. The van der Waals surface area contributed by atoms with Crippen molar-refractivity contribution in [3.8, 4) is 0 Å². The van der Waals surface area contributed by atoms with E-state index < -0.39 is 11.9 Å². The quantitative estimate of drug-likeness (QED) is 0.652. The van der Waals surface area contributed by atoms with Crippen molar-refractivity contribution in [3.63, 3.8) is 0 Å². The molecule has 4 rings (SSSR count). The first-order valence-corrected chi connectivity index (χ1v) is 11.7. The van der Waals surface area contributed by atoms with E-state index in [-0.39, 0.29) is 29.9 Å². The first-order valence-electron chi connectivity index (χ1n) is 11.7. The summed E-state index contributed by atoms with van der Waals surface area (Å²) >= 11 is 0. The van der Waals surface area contributed by atoms with Crippen LogP contribution in [0.5, 0.6) is 0 Å².